The first kappa shape index (κ1) is 24.1. The molecule has 2 aromatic carbocycles. The molecule has 0 spiro atoms. The van der Waals surface area contributed by atoms with Gasteiger partial charge >= 0.3 is 6.61 Å². The number of aryl methyl sites for hydroxylation is 2. The Morgan fingerprint density at radius 2 is 1.66 bits per heavy atom. The van der Waals surface area contributed by atoms with Gasteiger partial charge in [-0.15, -0.1) is 0 Å². The molecule has 1 saturated heterocycles. The molecule has 0 atom stereocenters. The summed E-state index contributed by atoms with van der Waals surface area (Å²) in [6.07, 6.45) is 0.752. The SMILES string of the molecule is Cc1cc(C)c(C)c(S(=O)(=O)N2CCC(C(=O)Nc3cccc(OC(F)F)c3)CC2)c1C. The third kappa shape index (κ3) is 5.10. The summed E-state index contributed by atoms with van der Waals surface area (Å²) >= 11 is 0. The minimum atomic E-state index is -3.68. The van der Waals surface area contributed by atoms with Gasteiger partial charge in [-0.2, -0.15) is 13.1 Å². The summed E-state index contributed by atoms with van der Waals surface area (Å²) in [7, 11) is -3.68. The molecule has 1 fully saturated rings. The van der Waals surface area contributed by atoms with Gasteiger partial charge in [-0.1, -0.05) is 12.1 Å². The number of nitrogens with one attached hydrogen (secondary N) is 1. The average molecular weight is 467 g/mol. The van der Waals surface area contributed by atoms with Crippen molar-refractivity contribution in [3.63, 3.8) is 0 Å². The van der Waals surface area contributed by atoms with E-state index in [-0.39, 0.29) is 30.7 Å². The molecule has 1 amide bonds. The minimum Gasteiger partial charge on any atom is -0.435 e. The Balaban J connectivity index is 1.68. The zero-order valence-electron chi connectivity index (χ0n) is 18.6. The molecule has 2 aromatic rings. The molecule has 0 bridgehead atoms. The van der Waals surface area contributed by atoms with E-state index in [1.807, 2.05) is 33.8 Å². The fourth-order valence-corrected chi connectivity index (χ4v) is 6.09. The number of hydrogen-bond acceptors (Lipinski definition) is 4. The Hall–Kier alpha value is -2.52. The number of piperidine rings is 1. The zero-order valence-corrected chi connectivity index (χ0v) is 19.4. The lowest BCUT2D eigenvalue weighted by atomic mass is 9.97. The Morgan fingerprint density at radius 3 is 2.22 bits per heavy atom. The highest BCUT2D eigenvalue weighted by Gasteiger charge is 2.34. The molecule has 0 aromatic heterocycles. The van der Waals surface area contributed by atoms with Crippen LogP contribution in [0.3, 0.4) is 0 Å². The van der Waals surface area contributed by atoms with Crippen molar-refractivity contribution in [2.45, 2.75) is 52.0 Å². The molecule has 1 aliphatic rings. The molecule has 1 N–H and O–H groups in total. The van der Waals surface area contributed by atoms with Crippen LogP contribution in [0.25, 0.3) is 0 Å². The standard InChI is InChI=1S/C23H28F2N2O4S/c1-14-12-15(2)17(4)21(16(14)3)32(29,30)27-10-8-18(9-11-27)22(28)26-19-6-5-7-20(13-19)31-23(24)25/h5-7,12-13,18,23H,8-11H2,1-4H3,(H,26,28). The predicted octanol–water partition coefficient (Wildman–Crippen LogP) is 4.56. The Labute approximate surface area is 187 Å². The van der Waals surface area contributed by atoms with Gasteiger partial charge in [0, 0.05) is 30.8 Å². The molecule has 32 heavy (non-hydrogen) atoms. The smallest absolute Gasteiger partial charge is 0.387 e. The van der Waals surface area contributed by atoms with E-state index in [1.54, 1.807) is 6.07 Å². The van der Waals surface area contributed by atoms with Crippen molar-refractivity contribution in [1.82, 2.24) is 4.31 Å². The van der Waals surface area contributed by atoms with Gasteiger partial charge in [0.2, 0.25) is 15.9 Å². The number of nitrogens with zero attached hydrogens (tertiary/aromatic N) is 1. The summed E-state index contributed by atoms with van der Waals surface area (Å²) in [5.74, 6) is -0.685. The van der Waals surface area contributed by atoms with E-state index in [1.165, 1.54) is 22.5 Å². The van der Waals surface area contributed by atoms with Crippen LogP contribution >= 0.6 is 0 Å². The van der Waals surface area contributed by atoms with E-state index < -0.39 is 16.6 Å². The van der Waals surface area contributed by atoms with Gasteiger partial charge in [-0.05, 0) is 74.9 Å². The molecule has 0 unspecified atom stereocenters. The van der Waals surface area contributed by atoms with Crippen molar-refractivity contribution in [3.8, 4) is 5.75 Å². The topological polar surface area (TPSA) is 75.7 Å². The van der Waals surface area contributed by atoms with Gasteiger partial charge in [0.05, 0.1) is 4.90 Å². The van der Waals surface area contributed by atoms with Crippen molar-refractivity contribution < 1.29 is 26.7 Å². The molecular formula is C23H28F2N2O4S. The number of sulfonamides is 1. The van der Waals surface area contributed by atoms with E-state index in [0.29, 0.717) is 23.4 Å². The first-order chi connectivity index (χ1) is 15.0. The largest absolute Gasteiger partial charge is 0.435 e. The molecule has 6 nitrogen and oxygen atoms in total. The number of alkyl halides is 2. The number of halogens is 2. The van der Waals surface area contributed by atoms with Crippen molar-refractivity contribution >= 4 is 21.6 Å². The van der Waals surface area contributed by atoms with Crippen molar-refractivity contribution in [3.05, 3.63) is 52.6 Å². The maximum absolute atomic E-state index is 13.4. The molecule has 1 aliphatic heterocycles. The average Bonchev–Trinajstić information content (AvgIpc) is 2.72. The van der Waals surface area contributed by atoms with E-state index in [4.69, 9.17) is 0 Å². The molecule has 0 aliphatic carbocycles. The number of amides is 1. The molecule has 0 radical (unpaired) electrons. The number of carbonyl (C=O) groups is 1. The Kier molecular flexibility index (Phi) is 7.19. The van der Waals surface area contributed by atoms with Gasteiger partial charge in [0.1, 0.15) is 5.75 Å². The van der Waals surface area contributed by atoms with E-state index >= 15 is 0 Å². The summed E-state index contributed by atoms with van der Waals surface area (Å²) in [6, 6.07) is 7.79. The summed E-state index contributed by atoms with van der Waals surface area (Å²) in [5, 5.41) is 2.71. The Morgan fingerprint density at radius 1 is 1.06 bits per heavy atom. The second-order valence-corrected chi connectivity index (χ2v) is 10.0. The van der Waals surface area contributed by atoms with E-state index in [2.05, 4.69) is 10.1 Å². The first-order valence-corrected chi connectivity index (χ1v) is 11.9. The van der Waals surface area contributed by atoms with Gasteiger partial charge in [0.25, 0.3) is 0 Å². The third-order valence-electron chi connectivity index (χ3n) is 6.05. The summed E-state index contributed by atoms with van der Waals surface area (Å²) in [4.78, 5) is 13.0. The molecule has 1 heterocycles. The summed E-state index contributed by atoms with van der Waals surface area (Å²) in [6.45, 7) is 4.97. The van der Waals surface area contributed by atoms with Crippen LogP contribution in [0.15, 0.2) is 35.2 Å². The van der Waals surface area contributed by atoms with Gasteiger partial charge in [0.15, 0.2) is 0 Å². The lowest BCUT2D eigenvalue weighted by molar-refractivity contribution is -0.120. The Bertz CT molecular complexity index is 1080. The van der Waals surface area contributed by atoms with Gasteiger partial charge in [-0.25, -0.2) is 8.42 Å². The quantitative estimate of drug-likeness (QED) is 0.677. The highest BCUT2D eigenvalue weighted by Crippen LogP contribution is 2.31. The number of benzene rings is 2. The second-order valence-electron chi connectivity index (χ2n) is 8.16. The van der Waals surface area contributed by atoms with Crippen LogP contribution in [-0.2, 0) is 14.8 Å². The molecule has 174 valence electrons. The maximum Gasteiger partial charge on any atom is 0.387 e. The lowest BCUT2D eigenvalue weighted by Crippen LogP contribution is -2.41. The van der Waals surface area contributed by atoms with Crippen LogP contribution in [0.5, 0.6) is 5.75 Å². The summed E-state index contributed by atoms with van der Waals surface area (Å²) < 4.78 is 57.3. The fraction of sp³-hybridized carbons (Fsp3) is 0.435. The van der Waals surface area contributed by atoms with Crippen molar-refractivity contribution in [2.24, 2.45) is 5.92 Å². The minimum absolute atomic E-state index is 0.0436. The predicted molar refractivity (Wildman–Crippen MR) is 119 cm³/mol. The fourth-order valence-electron chi connectivity index (χ4n) is 4.05. The summed E-state index contributed by atoms with van der Waals surface area (Å²) in [5.41, 5.74) is 3.71. The monoisotopic (exact) mass is 466 g/mol. The van der Waals surface area contributed by atoms with Crippen LogP contribution < -0.4 is 10.1 Å². The number of anilines is 1. The number of ether oxygens (including phenoxy) is 1. The third-order valence-corrected chi connectivity index (χ3v) is 8.22. The highest BCUT2D eigenvalue weighted by molar-refractivity contribution is 7.89. The molecule has 9 heteroatoms. The molecule has 3 rings (SSSR count). The van der Waals surface area contributed by atoms with Crippen LogP contribution in [0, 0.1) is 33.6 Å². The lowest BCUT2D eigenvalue weighted by Gasteiger charge is -2.31. The second kappa shape index (κ2) is 9.54. The molecule has 0 saturated carbocycles. The van der Waals surface area contributed by atoms with Crippen LogP contribution in [0.2, 0.25) is 0 Å². The van der Waals surface area contributed by atoms with Crippen LogP contribution in [0.4, 0.5) is 14.5 Å². The number of hydrogen-bond donors (Lipinski definition) is 1. The van der Waals surface area contributed by atoms with E-state index in [9.17, 15) is 22.0 Å². The normalized spacial score (nSPS) is 15.7. The highest BCUT2D eigenvalue weighted by atomic mass is 32.2. The van der Waals surface area contributed by atoms with E-state index in [0.717, 1.165) is 22.3 Å². The number of rotatable bonds is 6. The van der Waals surface area contributed by atoms with Crippen LogP contribution in [0.1, 0.15) is 35.1 Å². The first-order valence-electron chi connectivity index (χ1n) is 10.4. The zero-order chi connectivity index (χ0) is 23.6. The molecular weight excluding hydrogens is 438 g/mol. The van der Waals surface area contributed by atoms with Gasteiger partial charge in [-0.3, -0.25) is 4.79 Å². The van der Waals surface area contributed by atoms with Gasteiger partial charge < -0.3 is 10.1 Å². The van der Waals surface area contributed by atoms with Crippen molar-refractivity contribution in [2.75, 3.05) is 18.4 Å². The van der Waals surface area contributed by atoms with Crippen LogP contribution in [-0.4, -0.2) is 38.3 Å². The number of carbonyl (C=O) groups excluding carboxylic acids is 1. The maximum atomic E-state index is 13.4. The van der Waals surface area contributed by atoms with Crippen molar-refractivity contribution in [1.29, 1.82) is 0 Å².